The van der Waals surface area contributed by atoms with Crippen LogP contribution in [0.15, 0.2) is 0 Å². The summed E-state index contributed by atoms with van der Waals surface area (Å²) in [6.07, 6.45) is 12.7. The van der Waals surface area contributed by atoms with E-state index in [0.29, 0.717) is 0 Å². The number of hydrogen-bond acceptors (Lipinski definition) is 3. The van der Waals surface area contributed by atoms with Crippen LogP contribution >= 0.6 is 0 Å². The average Bonchev–Trinajstić information content (AvgIpc) is 2.40. The molecule has 0 atom stereocenters. The van der Waals surface area contributed by atoms with Crippen LogP contribution in [0, 0.1) is 0 Å². The second-order valence-corrected chi connectivity index (χ2v) is 5.01. The lowest BCUT2D eigenvalue weighted by atomic mass is 10.1. The summed E-state index contributed by atoms with van der Waals surface area (Å²) >= 11 is 0. The Morgan fingerprint density at radius 2 is 1.33 bits per heavy atom. The van der Waals surface area contributed by atoms with Gasteiger partial charge in [0, 0.05) is 6.54 Å². The van der Waals surface area contributed by atoms with E-state index in [4.69, 9.17) is 9.94 Å². The highest BCUT2D eigenvalue weighted by atomic mass is 16.7. The van der Waals surface area contributed by atoms with Crippen LogP contribution in [-0.4, -0.2) is 30.1 Å². The van der Waals surface area contributed by atoms with Crippen LogP contribution in [0.2, 0.25) is 0 Å². The summed E-state index contributed by atoms with van der Waals surface area (Å²) in [5, 5.41) is 10.8. The number of rotatable bonds is 14. The van der Waals surface area contributed by atoms with Crippen LogP contribution in [0.4, 0.5) is 0 Å². The molecule has 0 rings (SSSR count). The molecule has 0 unspecified atom stereocenters. The van der Waals surface area contributed by atoms with Crippen LogP contribution in [0.25, 0.3) is 0 Å². The van der Waals surface area contributed by atoms with Crippen molar-refractivity contribution >= 4 is 0 Å². The Labute approximate surface area is 113 Å². The van der Waals surface area contributed by atoms with E-state index in [9.17, 15) is 0 Å². The molecule has 110 valence electrons. The molecule has 0 saturated carbocycles. The minimum atomic E-state index is 0.0141. The van der Waals surface area contributed by atoms with Gasteiger partial charge in [-0.1, -0.05) is 65.2 Å². The van der Waals surface area contributed by atoms with Gasteiger partial charge in [-0.3, -0.25) is 4.84 Å². The van der Waals surface area contributed by atoms with Crippen molar-refractivity contribution < 1.29 is 9.94 Å². The van der Waals surface area contributed by atoms with Gasteiger partial charge in [-0.05, 0) is 12.8 Å². The summed E-state index contributed by atoms with van der Waals surface area (Å²) < 4.78 is 0. The smallest absolute Gasteiger partial charge is 0.119 e. The molecule has 0 aromatic rings. The van der Waals surface area contributed by atoms with E-state index >= 15 is 0 Å². The van der Waals surface area contributed by atoms with Gasteiger partial charge >= 0.3 is 0 Å². The molecule has 0 fully saturated rings. The zero-order valence-corrected chi connectivity index (χ0v) is 12.5. The third kappa shape index (κ3) is 12.3. The van der Waals surface area contributed by atoms with E-state index < -0.39 is 0 Å². The van der Waals surface area contributed by atoms with Crippen molar-refractivity contribution in [1.82, 2.24) is 5.06 Å². The minimum Gasteiger partial charge on any atom is -0.379 e. The molecule has 0 aliphatic rings. The molecule has 0 spiro atoms. The average molecular weight is 259 g/mol. The quantitative estimate of drug-likeness (QED) is 0.289. The Hall–Kier alpha value is -0.120. The van der Waals surface area contributed by atoms with Crippen molar-refractivity contribution in [2.24, 2.45) is 0 Å². The van der Waals surface area contributed by atoms with Crippen LogP contribution in [-0.2, 0) is 4.84 Å². The predicted octanol–water partition coefficient (Wildman–Crippen LogP) is 4.11. The van der Waals surface area contributed by atoms with Gasteiger partial charge in [0.1, 0.15) is 6.73 Å². The van der Waals surface area contributed by atoms with Gasteiger partial charge in [0.15, 0.2) is 0 Å². The molecule has 0 saturated heterocycles. The third-order valence-corrected chi connectivity index (χ3v) is 3.19. The van der Waals surface area contributed by atoms with Crippen molar-refractivity contribution in [2.75, 3.05) is 19.9 Å². The van der Waals surface area contributed by atoms with E-state index in [-0.39, 0.29) is 6.73 Å². The Morgan fingerprint density at radius 3 is 1.89 bits per heavy atom. The lowest BCUT2D eigenvalue weighted by Crippen LogP contribution is -2.26. The van der Waals surface area contributed by atoms with Gasteiger partial charge in [0.2, 0.25) is 0 Å². The third-order valence-electron chi connectivity index (χ3n) is 3.19. The maximum atomic E-state index is 9.13. The number of nitrogens with zero attached hydrogens (tertiary/aromatic N) is 1. The monoisotopic (exact) mass is 259 g/mol. The Kier molecular flexibility index (Phi) is 14.8. The van der Waals surface area contributed by atoms with Gasteiger partial charge < -0.3 is 5.11 Å². The highest BCUT2D eigenvalue weighted by molar-refractivity contribution is 4.48. The maximum Gasteiger partial charge on any atom is 0.119 e. The number of hydroxylamine groups is 2. The first-order valence-electron chi connectivity index (χ1n) is 7.83. The molecule has 0 radical (unpaired) electrons. The van der Waals surface area contributed by atoms with Crippen molar-refractivity contribution in [3.63, 3.8) is 0 Å². The van der Waals surface area contributed by atoms with Gasteiger partial charge in [0.25, 0.3) is 0 Å². The fourth-order valence-electron chi connectivity index (χ4n) is 1.94. The molecule has 0 aliphatic carbocycles. The van der Waals surface area contributed by atoms with Crippen molar-refractivity contribution in [1.29, 1.82) is 0 Å². The lowest BCUT2D eigenvalue weighted by molar-refractivity contribution is -0.197. The van der Waals surface area contributed by atoms with E-state index in [0.717, 1.165) is 32.4 Å². The second kappa shape index (κ2) is 14.9. The summed E-state index contributed by atoms with van der Waals surface area (Å²) in [5.41, 5.74) is 0. The topological polar surface area (TPSA) is 32.7 Å². The van der Waals surface area contributed by atoms with Crippen LogP contribution < -0.4 is 0 Å². The lowest BCUT2D eigenvalue weighted by Gasteiger charge is -2.18. The molecular formula is C15H33NO2. The van der Waals surface area contributed by atoms with Gasteiger partial charge in [-0.15, -0.1) is 0 Å². The van der Waals surface area contributed by atoms with E-state index in [1.54, 1.807) is 5.06 Å². The summed E-state index contributed by atoms with van der Waals surface area (Å²) in [7, 11) is 0. The van der Waals surface area contributed by atoms with E-state index in [1.807, 2.05) is 0 Å². The molecule has 1 N–H and O–H groups in total. The number of aliphatic hydroxyl groups excluding tert-OH is 1. The SMILES string of the molecule is CCCCCCCCCCN(CO)OCCCC. The van der Waals surface area contributed by atoms with Crippen molar-refractivity contribution in [3.05, 3.63) is 0 Å². The molecule has 0 amide bonds. The van der Waals surface area contributed by atoms with Gasteiger partial charge in [0.05, 0.1) is 6.61 Å². The summed E-state index contributed by atoms with van der Waals surface area (Å²) in [4.78, 5) is 5.47. The summed E-state index contributed by atoms with van der Waals surface area (Å²) in [5.74, 6) is 0. The molecule has 0 aliphatic heterocycles. The molecule has 0 bridgehead atoms. The van der Waals surface area contributed by atoms with E-state index in [2.05, 4.69) is 13.8 Å². The fraction of sp³-hybridized carbons (Fsp3) is 1.00. The zero-order chi connectivity index (χ0) is 13.5. The first-order valence-corrected chi connectivity index (χ1v) is 7.83. The summed E-state index contributed by atoms with van der Waals surface area (Å²) in [6.45, 7) is 6.00. The molecule has 18 heavy (non-hydrogen) atoms. The van der Waals surface area contributed by atoms with Crippen molar-refractivity contribution in [3.8, 4) is 0 Å². The molecule has 0 heterocycles. The van der Waals surface area contributed by atoms with Crippen molar-refractivity contribution in [2.45, 2.75) is 78.1 Å². The largest absolute Gasteiger partial charge is 0.379 e. The van der Waals surface area contributed by atoms with E-state index in [1.165, 1.54) is 44.9 Å². The molecule has 3 nitrogen and oxygen atoms in total. The summed E-state index contributed by atoms with van der Waals surface area (Å²) in [6, 6.07) is 0. The van der Waals surface area contributed by atoms with Gasteiger partial charge in [-0.2, -0.15) is 5.06 Å². The van der Waals surface area contributed by atoms with Crippen LogP contribution in [0.1, 0.15) is 78.1 Å². The normalized spacial score (nSPS) is 11.3. The van der Waals surface area contributed by atoms with Crippen LogP contribution in [0.3, 0.4) is 0 Å². The Morgan fingerprint density at radius 1 is 0.778 bits per heavy atom. The number of unbranched alkanes of at least 4 members (excludes halogenated alkanes) is 8. The van der Waals surface area contributed by atoms with Gasteiger partial charge in [-0.25, -0.2) is 0 Å². The highest BCUT2D eigenvalue weighted by Crippen LogP contribution is 2.09. The standard InChI is InChI=1S/C15H33NO2/c1-3-5-7-8-9-10-11-12-13-16(15-17)18-14-6-4-2/h17H,3-15H2,1-2H3. The first-order chi connectivity index (χ1) is 8.85. The Balaban J connectivity index is 3.23. The van der Waals surface area contributed by atoms with Crippen LogP contribution in [0.5, 0.6) is 0 Å². The maximum absolute atomic E-state index is 9.13. The highest BCUT2D eigenvalue weighted by Gasteiger charge is 2.02. The second-order valence-electron chi connectivity index (χ2n) is 5.01. The number of aliphatic hydroxyl groups is 1. The minimum absolute atomic E-state index is 0.0141. The zero-order valence-electron chi connectivity index (χ0n) is 12.5. The Bertz CT molecular complexity index is 153. The molecule has 0 aromatic carbocycles. The molecular weight excluding hydrogens is 226 g/mol. The first kappa shape index (κ1) is 17.9. The fourth-order valence-corrected chi connectivity index (χ4v) is 1.94. The predicted molar refractivity (Wildman–Crippen MR) is 77.3 cm³/mol. The molecule has 0 aromatic heterocycles. The number of hydrogen-bond donors (Lipinski definition) is 1. The molecule has 3 heteroatoms.